The van der Waals surface area contributed by atoms with Gasteiger partial charge >= 0.3 is 0 Å². The van der Waals surface area contributed by atoms with Crippen LogP contribution in [0.1, 0.15) is 21.7 Å². The van der Waals surface area contributed by atoms with Crippen LogP contribution in [0.2, 0.25) is 0 Å². The van der Waals surface area contributed by atoms with E-state index in [1.165, 1.54) is 6.07 Å². The molecule has 2 aromatic heterocycles. The van der Waals surface area contributed by atoms with Gasteiger partial charge in [0.05, 0.1) is 16.3 Å². The highest BCUT2D eigenvalue weighted by Crippen LogP contribution is 2.28. The lowest BCUT2D eigenvalue weighted by molar-refractivity contribution is -0.384. The average Bonchev–Trinajstić information content (AvgIpc) is 2.84. The van der Waals surface area contributed by atoms with Crippen LogP contribution in [-0.4, -0.2) is 25.3 Å². The number of phenols is 1. The SMILES string of the molecule is Cc1ccc2nc(C)c(C(=O)Nc3cc([N+](=O)[O-])ccc3O)n2c1. The molecule has 0 radical (unpaired) electrons. The van der Waals surface area contributed by atoms with Crippen LogP contribution in [0.5, 0.6) is 5.75 Å². The second-order valence-corrected chi connectivity index (χ2v) is 5.39. The molecule has 8 heteroatoms. The Hall–Kier alpha value is -3.42. The van der Waals surface area contributed by atoms with E-state index >= 15 is 0 Å². The molecule has 3 rings (SSSR count). The molecule has 122 valence electrons. The molecule has 3 aromatic rings. The standard InChI is InChI=1S/C16H14N4O4/c1-9-3-6-14-17-10(2)15(19(14)8-9)16(22)18-12-7-11(20(23)24)4-5-13(12)21/h3-8,21H,1-2H3,(H,18,22). The highest BCUT2D eigenvalue weighted by Gasteiger charge is 2.19. The number of aromatic hydroxyl groups is 1. The lowest BCUT2D eigenvalue weighted by atomic mass is 10.2. The maximum absolute atomic E-state index is 12.6. The Labute approximate surface area is 136 Å². The van der Waals surface area contributed by atoms with E-state index in [0.717, 1.165) is 17.7 Å². The largest absolute Gasteiger partial charge is 0.506 e. The lowest BCUT2D eigenvalue weighted by Crippen LogP contribution is -2.16. The Morgan fingerprint density at radius 2 is 2.04 bits per heavy atom. The number of hydrogen-bond acceptors (Lipinski definition) is 5. The van der Waals surface area contributed by atoms with Gasteiger partial charge in [0.15, 0.2) is 0 Å². The second-order valence-electron chi connectivity index (χ2n) is 5.39. The summed E-state index contributed by atoms with van der Waals surface area (Å²) in [6, 6.07) is 7.11. The summed E-state index contributed by atoms with van der Waals surface area (Å²) in [5, 5.41) is 23.2. The van der Waals surface area contributed by atoms with Crippen molar-refractivity contribution in [1.82, 2.24) is 9.38 Å². The highest BCUT2D eigenvalue weighted by atomic mass is 16.6. The molecule has 1 aromatic carbocycles. The molecule has 1 amide bonds. The van der Waals surface area contributed by atoms with Gasteiger partial charge in [-0.25, -0.2) is 4.98 Å². The van der Waals surface area contributed by atoms with Crippen LogP contribution in [-0.2, 0) is 0 Å². The van der Waals surface area contributed by atoms with Gasteiger partial charge in [0.1, 0.15) is 17.1 Å². The molecule has 8 nitrogen and oxygen atoms in total. The fourth-order valence-corrected chi connectivity index (χ4v) is 2.46. The van der Waals surface area contributed by atoms with Crippen molar-refractivity contribution in [2.24, 2.45) is 0 Å². The number of benzene rings is 1. The second kappa shape index (κ2) is 5.65. The van der Waals surface area contributed by atoms with Gasteiger partial charge in [-0.05, 0) is 31.5 Å². The quantitative estimate of drug-likeness (QED) is 0.437. The Kier molecular flexibility index (Phi) is 3.64. The van der Waals surface area contributed by atoms with Crippen molar-refractivity contribution in [3.05, 3.63) is 63.6 Å². The van der Waals surface area contributed by atoms with Crippen LogP contribution in [0.15, 0.2) is 36.5 Å². The number of nitro benzene ring substituents is 1. The summed E-state index contributed by atoms with van der Waals surface area (Å²) in [5.74, 6) is -0.766. The van der Waals surface area contributed by atoms with E-state index in [-0.39, 0.29) is 17.1 Å². The lowest BCUT2D eigenvalue weighted by Gasteiger charge is -2.08. The molecule has 2 N–H and O–H groups in total. The van der Waals surface area contributed by atoms with Gasteiger partial charge in [-0.1, -0.05) is 6.07 Å². The zero-order chi connectivity index (χ0) is 17.4. The fraction of sp³-hybridized carbons (Fsp3) is 0.125. The first-order valence-electron chi connectivity index (χ1n) is 7.11. The summed E-state index contributed by atoms with van der Waals surface area (Å²) < 4.78 is 1.65. The number of carbonyl (C=O) groups excluding carboxylic acids is 1. The van der Waals surface area contributed by atoms with Crippen LogP contribution >= 0.6 is 0 Å². The number of aryl methyl sites for hydroxylation is 2. The number of carbonyl (C=O) groups is 1. The number of pyridine rings is 1. The van der Waals surface area contributed by atoms with Crippen LogP contribution in [0.25, 0.3) is 5.65 Å². The zero-order valence-corrected chi connectivity index (χ0v) is 13.0. The van der Waals surface area contributed by atoms with Crippen molar-refractivity contribution in [3.63, 3.8) is 0 Å². The Bertz CT molecular complexity index is 978. The van der Waals surface area contributed by atoms with Crippen LogP contribution in [0, 0.1) is 24.0 Å². The number of nitrogens with zero attached hydrogens (tertiary/aromatic N) is 3. The summed E-state index contributed by atoms with van der Waals surface area (Å²) in [4.78, 5) is 27.2. The third-order valence-electron chi connectivity index (χ3n) is 3.59. The van der Waals surface area contributed by atoms with E-state index in [4.69, 9.17) is 0 Å². The molecule has 0 bridgehead atoms. The van der Waals surface area contributed by atoms with Gasteiger partial charge in [0.2, 0.25) is 0 Å². The highest BCUT2D eigenvalue weighted by molar-refractivity contribution is 6.05. The average molecular weight is 326 g/mol. The molecule has 0 spiro atoms. The van der Waals surface area contributed by atoms with Crippen molar-refractivity contribution >= 4 is 22.9 Å². The molecule has 0 saturated carbocycles. The van der Waals surface area contributed by atoms with Crippen LogP contribution in [0.3, 0.4) is 0 Å². The molecule has 0 aliphatic carbocycles. The van der Waals surface area contributed by atoms with E-state index in [0.29, 0.717) is 17.0 Å². The molecular formula is C16H14N4O4. The van der Waals surface area contributed by atoms with Gasteiger partial charge in [0.25, 0.3) is 11.6 Å². The van der Waals surface area contributed by atoms with Crippen molar-refractivity contribution in [2.45, 2.75) is 13.8 Å². The number of non-ortho nitro benzene ring substituents is 1. The summed E-state index contributed by atoms with van der Waals surface area (Å²) >= 11 is 0. The van der Waals surface area contributed by atoms with Crippen molar-refractivity contribution in [3.8, 4) is 5.75 Å². The smallest absolute Gasteiger partial charge is 0.274 e. The Morgan fingerprint density at radius 3 is 2.75 bits per heavy atom. The number of anilines is 1. The number of imidazole rings is 1. The van der Waals surface area contributed by atoms with Gasteiger partial charge in [-0.3, -0.25) is 19.3 Å². The number of nitrogens with one attached hydrogen (secondary N) is 1. The molecule has 0 aliphatic rings. The van der Waals surface area contributed by atoms with Crippen molar-refractivity contribution in [1.29, 1.82) is 0 Å². The van der Waals surface area contributed by atoms with Gasteiger partial charge in [-0.2, -0.15) is 0 Å². The number of hydrogen-bond donors (Lipinski definition) is 2. The Balaban J connectivity index is 2.02. The molecular weight excluding hydrogens is 312 g/mol. The first-order valence-corrected chi connectivity index (χ1v) is 7.11. The zero-order valence-electron chi connectivity index (χ0n) is 13.0. The number of phenolic OH excluding ortho intramolecular Hbond substituents is 1. The minimum absolute atomic E-state index is 0.0313. The van der Waals surface area contributed by atoms with Gasteiger partial charge in [-0.15, -0.1) is 0 Å². The topological polar surface area (TPSA) is 110 Å². The molecule has 0 saturated heterocycles. The number of fused-ring (bicyclic) bond motifs is 1. The van der Waals surface area contributed by atoms with Crippen LogP contribution < -0.4 is 5.32 Å². The van der Waals surface area contributed by atoms with E-state index < -0.39 is 10.8 Å². The van der Waals surface area contributed by atoms with Gasteiger partial charge in [0, 0.05) is 18.3 Å². The van der Waals surface area contributed by atoms with E-state index in [1.807, 2.05) is 13.0 Å². The third-order valence-corrected chi connectivity index (χ3v) is 3.59. The number of aromatic nitrogens is 2. The van der Waals surface area contributed by atoms with E-state index in [2.05, 4.69) is 10.3 Å². The molecule has 0 aliphatic heterocycles. The predicted molar refractivity (Wildman–Crippen MR) is 87.4 cm³/mol. The minimum Gasteiger partial charge on any atom is -0.506 e. The third kappa shape index (κ3) is 2.65. The molecule has 0 fully saturated rings. The molecule has 0 atom stereocenters. The number of rotatable bonds is 3. The monoisotopic (exact) mass is 326 g/mol. The molecule has 24 heavy (non-hydrogen) atoms. The predicted octanol–water partition coefficient (Wildman–Crippen LogP) is 2.82. The summed E-state index contributed by atoms with van der Waals surface area (Å²) in [5.41, 5.74) is 2.13. The molecule has 0 unspecified atom stereocenters. The first-order chi connectivity index (χ1) is 11.4. The van der Waals surface area contributed by atoms with Crippen molar-refractivity contribution in [2.75, 3.05) is 5.32 Å². The van der Waals surface area contributed by atoms with E-state index in [9.17, 15) is 20.0 Å². The fourth-order valence-electron chi connectivity index (χ4n) is 2.46. The number of nitro groups is 1. The van der Waals surface area contributed by atoms with E-state index in [1.54, 1.807) is 23.6 Å². The summed E-state index contributed by atoms with van der Waals surface area (Å²) in [7, 11) is 0. The molecule has 2 heterocycles. The van der Waals surface area contributed by atoms with Crippen LogP contribution in [0.4, 0.5) is 11.4 Å². The minimum atomic E-state index is -0.599. The van der Waals surface area contributed by atoms with Gasteiger partial charge < -0.3 is 10.4 Å². The Morgan fingerprint density at radius 1 is 1.29 bits per heavy atom. The summed E-state index contributed by atoms with van der Waals surface area (Å²) in [6.45, 7) is 3.59. The number of amides is 1. The normalized spacial score (nSPS) is 10.8. The summed E-state index contributed by atoms with van der Waals surface area (Å²) in [6.07, 6.45) is 1.78. The first kappa shape index (κ1) is 15.5. The maximum Gasteiger partial charge on any atom is 0.274 e. The maximum atomic E-state index is 12.6. The van der Waals surface area contributed by atoms with Crippen molar-refractivity contribution < 1.29 is 14.8 Å².